The van der Waals surface area contributed by atoms with Gasteiger partial charge in [0.05, 0.1) is 5.02 Å². The molecule has 0 aliphatic rings. The molecule has 0 fully saturated rings. The van der Waals surface area contributed by atoms with E-state index in [1.807, 2.05) is 19.9 Å². The maximum absolute atomic E-state index is 13.0. The number of hydrogen-bond donors (Lipinski definition) is 1. The first kappa shape index (κ1) is 12.6. The highest BCUT2D eigenvalue weighted by Gasteiger charge is 2.16. The fraction of sp³-hybridized carbons (Fsp3) is 0.231. The lowest BCUT2D eigenvalue weighted by molar-refractivity contribution is 0.220. The lowest BCUT2D eigenvalue weighted by Gasteiger charge is -2.11. The molecule has 1 N–H and O–H groups in total. The van der Waals surface area contributed by atoms with E-state index in [1.165, 1.54) is 12.1 Å². The maximum atomic E-state index is 13.0. The summed E-state index contributed by atoms with van der Waals surface area (Å²) < 4.78 is 13.0. The molecule has 0 saturated carbocycles. The van der Waals surface area contributed by atoms with Gasteiger partial charge in [-0.05, 0) is 43.2 Å². The Morgan fingerprint density at radius 3 is 2.53 bits per heavy atom. The van der Waals surface area contributed by atoms with Crippen LogP contribution in [0.4, 0.5) is 4.39 Å². The SMILES string of the molecule is Cc1cc(C(O)c2ccc(F)c(Cl)c2)c(C)s1. The number of benzene rings is 1. The molecule has 0 aliphatic heterocycles. The average molecular weight is 271 g/mol. The molecule has 0 bridgehead atoms. The van der Waals surface area contributed by atoms with Crippen LogP contribution in [-0.4, -0.2) is 5.11 Å². The molecule has 90 valence electrons. The van der Waals surface area contributed by atoms with Crippen LogP contribution in [0.25, 0.3) is 0 Å². The van der Waals surface area contributed by atoms with E-state index in [9.17, 15) is 9.50 Å². The van der Waals surface area contributed by atoms with Crippen LogP contribution in [-0.2, 0) is 0 Å². The van der Waals surface area contributed by atoms with Gasteiger partial charge in [-0.25, -0.2) is 4.39 Å². The number of halogens is 2. The lowest BCUT2D eigenvalue weighted by Crippen LogP contribution is -2.00. The summed E-state index contributed by atoms with van der Waals surface area (Å²) in [4.78, 5) is 2.21. The molecule has 0 amide bonds. The summed E-state index contributed by atoms with van der Waals surface area (Å²) in [6, 6.07) is 6.24. The molecular weight excluding hydrogens is 259 g/mol. The molecule has 0 saturated heterocycles. The number of rotatable bonds is 2. The summed E-state index contributed by atoms with van der Waals surface area (Å²) in [5.41, 5.74) is 1.47. The Bertz CT molecular complexity index is 550. The van der Waals surface area contributed by atoms with E-state index in [-0.39, 0.29) is 5.02 Å². The van der Waals surface area contributed by atoms with Crippen molar-refractivity contribution >= 4 is 22.9 Å². The van der Waals surface area contributed by atoms with Gasteiger partial charge in [0.25, 0.3) is 0 Å². The third kappa shape index (κ3) is 2.51. The van der Waals surface area contributed by atoms with Gasteiger partial charge in [0, 0.05) is 9.75 Å². The number of hydrogen-bond acceptors (Lipinski definition) is 2. The van der Waals surface area contributed by atoms with Crippen LogP contribution < -0.4 is 0 Å². The Morgan fingerprint density at radius 2 is 2.00 bits per heavy atom. The highest BCUT2D eigenvalue weighted by atomic mass is 35.5. The van der Waals surface area contributed by atoms with Crippen LogP contribution in [0.5, 0.6) is 0 Å². The van der Waals surface area contributed by atoms with Gasteiger partial charge >= 0.3 is 0 Å². The fourth-order valence-corrected chi connectivity index (χ4v) is 2.93. The Morgan fingerprint density at radius 1 is 1.29 bits per heavy atom. The predicted octanol–water partition coefficient (Wildman–Crippen LogP) is 4.24. The van der Waals surface area contributed by atoms with Crippen LogP contribution in [0.15, 0.2) is 24.3 Å². The van der Waals surface area contributed by atoms with Crippen molar-refractivity contribution in [2.75, 3.05) is 0 Å². The van der Waals surface area contributed by atoms with E-state index in [2.05, 4.69) is 0 Å². The van der Waals surface area contributed by atoms with Gasteiger partial charge in [-0.3, -0.25) is 0 Å². The predicted molar refractivity (Wildman–Crippen MR) is 69.3 cm³/mol. The summed E-state index contributed by atoms with van der Waals surface area (Å²) in [6.45, 7) is 3.95. The smallest absolute Gasteiger partial charge is 0.141 e. The minimum Gasteiger partial charge on any atom is -0.384 e. The Balaban J connectivity index is 2.40. The van der Waals surface area contributed by atoms with Crippen LogP contribution in [0.3, 0.4) is 0 Å². The van der Waals surface area contributed by atoms with Crippen molar-refractivity contribution in [1.82, 2.24) is 0 Å². The third-order valence-corrected chi connectivity index (χ3v) is 3.90. The monoisotopic (exact) mass is 270 g/mol. The zero-order chi connectivity index (χ0) is 12.6. The first-order valence-electron chi connectivity index (χ1n) is 5.19. The molecule has 1 aromatic carbocycles. The minimum absolute atomic E-state index is 0.0335. The number of aliphatic hydroxyl groups is 1. The average Bonchev–Trinajstić information content (AvgIpc) is 2.61. The van der Waals surface area contributed by atoms with Crippen molar-refractivity contribution in [3.05, 3.63) is 56.0 Å². The fourth-order valence-electron chi connectivity index (χ4n) is 1.78. The molecule has 1 aromatic heterocycles. The van der Waals surface area contributed by atoms with Crippen molar-refractivity contribution < 1.29 is 9.50 Å². The molecular formula is C13H12ClFOS. The second kappa shape index (κ2) is 4.77. The van der Waals surface area contributed by atoms with Gasteiger partial charge < -0.3 is 5.11 Å². The van der Waals surface area contributed by atoms with Gasteiger partial charge in [-0.1, -0.05) is 17.7 Å². The lowest BCUT2D eigenvalue weighted by atomic mass is 10.0. The summed E-state index contributed by atoms with van der Waals surface area (Å²) in [6.07, 6.45) is -0.752. The van der Waals surface area contributed by atoms with Crippen LogP contribution in [0.2, 0.25) is 5.02 Å². The quantitative estimate of drug-likeness (QED) is 0.865. The molecule has 0 aliphatic carbocycles. The first-order chi connectivity index (χ1) is 7.99. The van der Waals surface area contributed by atoms with Gasteiger partial charge in [0.15, 0.2) is 0 Å². The van der Waals surface area contributed by atoms with Crippen molar-refractivity contribution in [3.8, 4) is 0 Å². The molecule has 17 heavy (non-hydrogen) atoms. The molecule has 2 aromatic rings. The molecule has 4 heteroatoms. The Labute approximate surface area is 108 Å². The standard InChI is InChI=1S/C13H12ClFOS/c1-7-5-10(8(2)17-7)13(16)9-3-4-12(15)11(14)6-9/h3-6,13,16H,1-2H3. The highest BCUT2D eigenvalue weighted by molar-refractivity contribution is 7.12. The topological polar surface area (TPSA) is 20.2 Å². The molecule has 1 unspecified atom stereocenters. The van der Waals surface area contributed by atoms with Crippen LogP contribution in [0.1, 0.15) is 27.0 Å². The normalized spacial score (nSPS) is 12.8. The van der Waals surface area contributed by atoms with Crippen molar-refractivity contribution in [2.24, 2.45) is 0 Å². The Hall–Kier alpha value is -0.900. The summed E-state index contributed by atoms with van der Waals surface area (Å²) in [5.74, 6) is -0.471. The van der Waals surface area contributed by atoms with E-state index < -0.39 is 11.9 Å². The second-order valence-electron chi connectivity index (χ2n) is 3.94. The third-order valence-electron chi connectivity index (χ3n) is 2.63. The van der Waals surface area contributed by atoms with E-state index in [4.69, 9.17) is 11.6 Å². The molecule has 0 spiro atoms. The first-order valence-corrected chi connectivity index (χ1v) is 6.38. The van der Waals surface area contributed by atoms with Crippen molar-refractivity contribution in [1.29, 1.82) is 0 Å². The van der Waals surface area contributed by atoms with E-state index >= 15 is 0 Å². The minimum atomic E-state index is -0.752. The molecule has 1 heterocycles. The van der Waals surface area contributed by atoms with Gasteiger partial charge in [-0.2, -0.15) is 0 Å². The Kier molecular flexibility index (Phi) is 3.52. The summed E-state index contributed by atoms with van der Waals surface area (Å²) >= 11 is 7.34. The molecule has 1 nitrogen and oxygen atoms in total. The zero-order valence-corrected chi connectivity index (χ0v) is 11.1. The highest BCUT2D eigenvalue weighted by Crippen LogP contribution is 2.31. The van der Waals surface area contributed by atoms with Gasteiger partial charge in [0.1, 0.15) is 11.9 Å². The van der Waals surface area contributed by atoms with E-state index in [0.717, 1.165) is 15.3 Å². The van der Waals surface area contributed by atoms with E-state index in [0.29, 0.717) is 5.56 Å². The van der Waals surface area contributed by atoms with Gasteiger partial charge in [-0.15, -0.1) is 11.3 Å². The van der Waals surface area contributed by atoms with Crippen molar-refractivity contribution in [3.63, 3.8) is 0 Å². The largest absolute Gasteiger partial charge is 0.384 e. The molecule has 1 atom stereocenters. The molecule has 0 radical (unpaired) electrons. The summed E-state index contributed by atoms with van der Waals surface area (Å²) in [5, 5.41) is 10.3. The maximum Gasteiger partial charge on any atom is 0.141 e. The van der Waals surface area contributed by atoms with Gasteiger partial charge in [0.2, 0.25) is 0 Å². The number of aryl methyl sites for hydroxylation is 2. The number of aliphatic hydroxyl groups excluding tert-OH is 1. The van der Waals surface area contributed by atoms with Crippen LogP contribution in [0, 0.1) is 19.7 Å². The van der Waals surface area contributed by atoms with Crippen molar-refractivity contribution in [2.45, 2.75) is 20.0 Å². The van der Waals surface area contributed by atoms with Crippen LogP contribution >= 0.6 is 22.9 Å². The van der Waals surface area contributed by atoms with E-state index in [1.54, 1.807) is 17.4 Å². The second-order valence-corrected chi connectivity index (χ2v) is 5.81. The number of thiophene rings is 1. The zero-order valence-electron chi connectivity index (χ0n) is 9.50. The molecule has 2 rings (SSSR count). The summed E-state index contributed by atoms with van der Waals surface area (Å²) in [7, 11) is 0.